The Morgan fingerprint density at radius 2 is 2.26 bits per heavy atom. The van der Waals surface area contributed by atoms with Crippen LogP contribution in [0.2, 0.25) is 5.02 Å². The molecule has 0 radical (unpaired) electrons. The van der Waals surface area contributed by atoms with Crippen molar-refractivity contribution >= 4 is 17.5 Å². The quantitative estimate of drug-likeness (QED) is 0.922. The molecule has 1 heterocycles. The van der Waals surface area contributed by atoms with Crippen molar-refractivity contribution in [3.8, 4) is 0 Å². The molecule has 0 unspecified atom stereocenters. The monoisotopic (exact) mass is 282 g/mol. The van der Waals surface area contributed by atoms with Gasteiger partial charge >= 0.3 is 0 Å². The second-order valence-electron chi connectivity index (χ2n) is 4.78. The van der Waals surface area contributed by atoms with E-state index in [1.165, 1.54) is 0 Å². The van der Waals surface area contributed by atoms with Crippen molar-refractivity contribution in [1.29, 1.82) is 0 Å². The SMILES string of the molecule is C[C@H]1CO[C@H](c2ccccc2Cl)CN1C(=O)CCN. The number of carbonyl (C=O) groups is 1. The molecule has 0 aromatic heterocycles. The first-order valence-electron chi connectivity index (χ1n) is 6.49. The van der Waals surface area contributed by atoms with Gasteiger partial charge in [0.15, 0.2) is 0 Å². The highest BCUT2D eigenvalue weighted by Crippen LogP contribution is 2.30. The van der Waals surface area contributed by atoms with Crippen LogP contribution in [0.5, 0.6) is 0 Å². The van der Waals surface area contributed by atoms with E-state index in [-0.39, 0.29) is 18.1 Å². The molecule has 5 heteroatoms. The van der Waals surface area contributed by atoms with Gasteiger partial charge < -0.3 is 15.4 Å². The van der Waals surface area contributed by atoms with Gasteiger partial charge in [0.2, 0.25) is 5.91 Å². The van der Waals surface area contributed by atoms with Gasteiger partial charge in [0.05, 0.1) is 19.2 Å². The van der Waals surface area contributed by atoms with Crippen LogP contribution in [-0.2, 0) is 9.53 Å². The lowest BCUT2D eigenvalue weighted by Crippen LogP contribution is -2.48. The lowest BCUT2D eigenvalue weighted by atomic mass is 10.1. The number of morpholine rings is 1. The third-order valence-electron chi connectivity index (χ3n) is 3.36. The smallest absolute Gasteiger partial charge is 0.224 e. The summed E-state index contributed by atoms with van der Waals surface area (Å²) in [5.41, 5.74) is 6.38. The lowest BCUT2D eigenvalue weighted by Gasteiger charge is -2.38. The van der Waals surface area contributed by atoms with Crippen LogP contribution in [0.15, 0.2) is 24.3 Å². The van der Waals surface area contributed by atoms with E-state index in [9.17, 15) is 4.79 Å². The van der Waals surface area contributed by atoms with E-state index in [4.69, 9.17) is 22.1 Å². The van der Waals surface area contributed by atoms with Crippen molar-refractivity contribution < 1.29 is 9.53 Å². The number of hydrogen-bond donors (Lipinski definition) is 1. The van der Waals surface area contributed by atoms with Crippen LogP contribution in [0.4, 0.5) is 0 Å². The Balaban J connectivity index is 2.13. The zero-order chi connectivity index (χ0) is 13.8. The number of ether oxygens (including phenoxy) is 1. The molecule has 1 amide bonds. The van der Waals surface area contributed by atoms with E-state index >= 15 is 0 Å². The van der Waals surface area contributed by atoms with E-state index < -0.39 is 0 Å². The number of nitrogens with two attached hydrogens (primary N) is 1. The molecule has 1 saturated heterocycles. The molecule has 0 aliphatic carbocycles. The molecule has 0 spiro atoms. The van der Waals surface area contributed by atoms with Gasteiger partial charge in [-0.15, -0.1) is 0 Å². The molecule has 1 aliphatic heterocycles. The average Bonchev–Trinajstić information content (AvgIpc) is 2.40. The number of hydrogen-bond acceptors (Lipinski definition) is 3. The van der Waals surface area contributed by atoms with Crippen molar-refractivity contribution in [2.45, 2.75) is 25.5 Å². The number of carbonyl (C=O) groups excluding carboxylic acids is 1. The molecule has 0 saturated carbocycles. The molecule has 1 fully saturated rings. The van der Waals surface area contributed by atoms with Gasteiger partial charge in [0.25, 0.3) is 0 Å². The van der Waals surface area contributed by atoms with E-state index in [0.29, 0.717) is 31.1 Å². The second kappa shape index (κ2) is 6.37. The zero-order valence-electron chi connectivity index (χ0n) is 11.0. The molecule has 19 heavy (non-hydrogen) atoms. The third-order valence-corrected chi connectivity index (χ3v) is 3.71. The largest absolute Gasteiger partial charge is 0.369 e. The van der Waals surface area contributed by atoms with E-state index in [1.54, 1.807) is 0 Å². The molecular weight excluding hydrogens is 264 g/mol. The predicted octanol–water partition coefficient (Wildman–Crippen LogP) is 1.98. The molecule has 1 aromatic carbocycles. The summed E-state index contributed by atoms with van der Waals surface area (Å²) in [6.45, 7) is 3.41. The van der Waals surface area contributed by atoms with Crippen LogP contribution < -0.4 is 5.73 Å². The fraction of sp³-hybridized carbons (Fsp3) is 0.500. The summed E-state index contributed by atoms with van der Waals surface area (Å²) in [7, 11) is 0. The number of halogens is 1. The van der Waals surface area contributed by atoms with Crippen LogP contribution in [0.25, 0.3) is 0 Å². The minimum Gasteiger partial charge on any atom is -0.369 e. The van der Waals surface area contributed by atoms with E-state index in [2.05, 4.69) is 0 Å². The van der Waals surface area contributed by atoms with E-state index in [1.807, 2.05) is 36.1 Å². The van der Waals surface area contributed by atoms with Gasteiger partial charge in [-0.1, -0.05) is 29.8 Å². The Hall–Kier alpha value is -1.10. The van der Waals surface area contributed by atoms with Crippen molar-refractivity contribution in [2.75, 3.05) is 19.7 Å². The molecule has 2 N–H and O–H groups in total. The van der Waals surface area contributed by atoms with Crippen LogP contribution >= 0.6 is 11.6 Å². The molecule has 0 bridgehead atoms. The second-order valence-corrected chi connectivity index (χ2v) is 5.18. The molecule has 1 aliphatic rings. The molecule has 104 valence electrons. The van der Waals surface area contributed by atoms with E-state index in [0.717, 1.165) is 5.56 Å². The van der Waals surface area contributed by atoms with Gasteiger partial charge in [-0.05, 0) is 13.0 Å². The van der Waals surface area contributed by atoms with Crippen LogP contribution in [0.1, 0.15) is 25.0 Å². The number of rotatable bonds is 3. The molecular formula is C14H19ClN2O2. The first kappa shape index (κ1) is 14.3. The molecule has 4 nitrogen and oxygen atoms in total. The summed E-state index contributed by atoms with van der Waals surface area (Å²) in [5.74, 6) is 0.0790. The zero-order valence-corrected chi connectivity index (χ0v) is 11.8. The summed E-state index contributed by atoms with van der Waals surface area (Å²) in [5, 5.41) is 0.674. The Morgan fingerprint density at radius 1 is 1.53 bits per heavy atom. The Kier molecular flexibility index (Phi) is 4.80. The number of amides is 1. The maximum absolute atomic E-state index is 12.0. The molecule has 1 aromatic rings. The van der Waals surface area contributed by atoms with Crippen molar-refractivity contribution in [3.05, 3.63) is 34.9 Å². The average molecular weight is 283 g/mol. The topological polar surface area (TPSA) is 55.6 Å². The first-order valence-corrected chi connectivity index (χ1v) is 6.87. The highest BCUT2D eigenvalue weighted by atomic mass is 35.5. The molecule has 2 atom stereocenters. The maximum Gasteiger partial charge on any atom is 0.224 e. The Morgan fingerprint density at radius 3 is 2.95 bits per heavy atom. The van der Waals surface area contributed by atoms with Crippen molar-refractivity contribution in [3.63, 3.8) is 0 Å². The summed E-state index contributed by atoms with van der Waals surface area (Å²) in [6.07, 6.45) is 0.214. The lowest BCUT2D eigenvalue weighted by molar-refractivity contribution is -0.144. The fourth-order valence-corrected chi connectivity index (χ4v) is 2.55. The normalized spacial score (nSPS) is 23.4. The number of nitrogens with zero attached hydrogens (tertiary/aromatic N) is 1. The predicted molar refractivity (Wildman–Crippen MR) is 75.0 cm³/mol. The summed E-state index contributed by atoms with van der Waals surface area (Å²) in [4.78, 5) is 13.9. The fourth-order valence-electron chi connectivity index (χ4n) is 2.30. The van der Waals surface area contributed by atoms with Gasteiger partial charge in [-0.3, -0.25) is 4.79 Å². The maximum atomic E-state index is 12.0. The highest BCUT2D eigenvalue weighted by Gasteiger charge is 2.30. The van der Waals surface area contributed by atoms with Gasteiger partial charge in [0.1, 0.15) is 6.10 Å². The Labute approximate surface area is 118 Å². The van der Waals surface area contributed by atoms with Crippen LogP contribution in [0, 0.1) is 0 Å². The van der Waals surface area contributed by atoms with Crippen molar-refractivity contribution in [1.82, 2.24) is 4.90 Å². The summed E-state index contributed by atoms with van der Waals surface area (Å²) in [6, 6.07) is 7.67. The molecule has 2 rings (SSSR count). The third kappa shape index (κ3) is 3.26. The summed E-state index contributed by atoms with van der Waals surface area (Å²) >= 11 is 6.18. The van der Waals surface area contributed by atoms with Gasteiger partial charge in [-0.2, -0.15) is 0 Å². The van der Waals surface area contributed by atoms with Gasteiger partial charge in [-0.25, -0.2) is 0 Å². The van der Waals surface area contributed by atoms with Crippen LogP contribution in [-0.4, -0.2) is 36.5 Å². The minimum absolute atomic E-state index is 0.0790. The van der Waals surface area contributed by atoms with Crippen molar-refractivity contribution in [2.24, 2.45) is 5.73 Å². The number of benzene rings is 1. The summed E-state index contributed by atoms with van der Waals surface area (Å²) < 4.78 is 5.81. The Bertz CT molecular complexity index is 453. The van der Waals surface area contributed by atoms with Crippen LogP contribution in [0.3, 0.4) is 0 Å². The minimum atomic E-state index is -0.161. The van der Waals surface area contributed by atoms with Gasteiger partial charge in [0, 0.05) is 23.6 Å². The highest BCUT2D eigenvalue weighted by molar-refractivity contribution is 6.31. The standard InChI is InChI=1S/C14H19ClN2O2/c1-10-9-19-13(8-17(10)14(18)6-7-16)11-4-2-3-5-12(11)15/h2-5,10,13H,6-9,16H2,1H3/t10-,13-/m0/s1. The first-order chi connectivity index (χ1) is 9.13.